The molecule has 0 unspecified atom stereocenters. The van der Waals surface area contributed by atoms with E-state index in [1.54, 1.807) is 6.07 Å². The number of aromatic nitrogens is 3. The van der Waals surface area contributed by atoms with Gasteiger partial charge < -0.3 is 16.4 Å². The third kappa shape index (κ3) is 4.91. The van der Waals surface area contributed by atoms with Crippen molar-refractivity contribution in [3.8, 4) is 11.3 Å². The average molecular weight is 559 g/mol. The minimum atomic E-state index is -4.53. The molecule has 1 aromatic carbocycles. The van der Waals surface area contributed by atoms with Gasteiger partial charge in [0.25, 0.3) is 11.8 Å². The monoisotopic (exact) mass is 558 g/mol. The lowest BCUT2D eigenvalue weighted by Gasteiger charge is -2.39. The zero-order valence-electron chi connectivity index (χ0n) is 21.2. The molecule has 0 radical (unpaired) electrons. The van der Waals surface area contributed by atoms with Gasteiger partial charge in [0.2, 0.25) is 5.91 Å². The van der Waals surface area contributed by atoms with E-state index in [-0.39, 0.29) is 53.1 Å². The quantitative estimate of drug-likeness (QED) is 0.350. The number of fused-ring (bicyclic) bond motifs is 1. The third-order valence-corrected chi connectivity index (χ3v) is 7.70. The molecule has 1 aliphatic carbocycles. The van der Waals surface area contributed by atoms with E-state index in [4.69, 9.17) is 16.5 Å². The molecule has 9 nitrogen and oxygen atoms in total. The number of nitrogens with two attached hydrogens (primary N) is 2. The first-order chi connectivity index (χ1) is 18.8. The molecule has 0 bridgehead atoms. The summed E-state index contributed by atoms with van der Waals surface area (Å²) >= 11 is 0. The summed E-state index contributed by atoms with van der Waals surface area (Å²) in [6.07, 6.45) is -2.22. The molecular weight excluding hydrogens is 532 g/mol. The van der Waals surface area contributed by atoms with Crippen LogP contribution in [0.2, 0.25) is 0 Å². The van der Waals surface area contributed by atoms with Gasteiger partial charge in [0.1, 0.15) is 16.7 Å². The predicted molar refractivity (Wildman–Crippen MR) is 136 cm³/mol. The van der Waals surface area contributed by atoms with E-state index in [1.165, 1.54) is 21.7 Å². The Bertz CT molecular complexity index is 1520. The number of alkyl halides is 3. The first-order valence-electron chi connectivity index (χ1n) is 12.7. The number of pyridine rings is 1. The fourth-order valence-corrected chi connectivity index (χ4v) is 5.45. The van der Waals surface area contributed by atoms with E-state index in [0.717, 1.165) is 12.1 Å². The lowest BCUT2D eigenvalue weighted by molar-refractivity contribution is -0.137. The lowest BCUT2D eigenvalue weighted by Crippen LogP contribution is -2.51. The van der Waals surface area contributed by atoms with Crippen molar-refractivity contribution >= 4 is 28.8 Å². The highest BCUT2D eigenvalue weighted by Crippen LogP contribution is 2.40. The highest BCUT2D eigenvalue weighted by molar-refractivity contribution is 6.07. The summed E-state index contributed by atoms with van der Waals surface area (Å²) in [5.74, 6) is -3.44. The second kappa shape index (κ2) is 10.0. The second-order valence-electron chi connectivity index (χ2n) is 10.2. The van der Waals surface area contributed by atoms with Crippen molar-refractivity contribution in [2.24, 2.45) is 17.4 Å². The number of benzene rings is 1. The van der Waals surface area contributed by atoms with Crippen molar-refractivity contribution in [2.45, 2.75) is 43.8 Å². The highest BCUT2D eigenvalue weighted by atomic mass is 19.4. The van der Waals surface area contributed by atoms with E-state index in [9.17, 15) is 31.9 Å². The first kappa shape index (κ1) is 27.3. The van der Waals surface area contributed by atoms with Gasteiger partial charge in [-0.25, -0.2) is 9.37 Å². The maximum atomic E-state index is 13.4. The van der Waals surface area contributed by atoms with Crippen LogP contribution in [0.3, 0.4) is 0 Å². The largest absolute Gasteiger partial charge is 0.416 e. The summed E-state index contributed by atoms with van der Waals surface area (Å²) < 4.78 is 54.4. The molecule has 1 saturated carbocycles. The molecule has 210 valence electrons. The summed E-state index contributed by atoms with van der Waals surface area (Å²) in [7, 11) is 0. The second-order valence-corrected chi connectivity index (χ2v) is 10.2. The molecule has 2 aromatic heterocycles. The van der Waals surface area contributed by atoms with Crippen LogP contribution < -0.4 is 11.5 Å². The summed E-state index contributed by atoms with van der Waals surface area (Å²) in [4.78, 5) is 42.3. The molecule has 3 amide bonds. The van der Waals surface area contributed by atoms with Gasteiger partial charge in [-0.2, -0.15) is 18.3 Å². The molecule has 13 heteroatoms. The Kier molecular flexibility index (Phi) is 6.84. The van der Waals surface area contributed by atoms with Crippen LogP contribution in [0.25, 0.3) is 22.3 Å². The number of rotatable bonds is 6. The number of nitrogens with zero attached hydrogens (tertiary/aromatic N) is 4. The van der Waals surface area contributed by atoms with Crippen LogP contribution in [0.1, 0.15) is 59.3 Å². The number of carbonyl (C=O) groups excluding carboxylic acids is 3. The van der Waals surface area contributed by atoms with Crippen molar-refractivity contribution in [3.05, 3.63) is 59.6 Å². The van der Waals surface area contributed by atoms with Gasteiger partial charge >= 0.3 is 6.18 Å². The summed E-state index contributed by atoms with van der Waals surface area (Å²) in [5.41, 5.74) is 12.2. The number of primary amides is 2. The van der Waals surface area contributed by atoms with E-state index >= 15 is 0 Å². The fourth-order valence-electron chi connectivity index (χ4n) is 5.45. The SMILES string of the molecule is C=C(F)C(=O)N1CC(n2nc(-c3ccc(C(F)(F)F)cc3)c3nc(C4CCC(C(N)=O)CC4)cc(C(N)=O)c32)C1. The van der Waals surface area contributed by atoms with Crippen LogP contribution in [-0.2, 0) is 15.8 Å². The molecule has 1 saturated heterocycles. The van der Waals surface area contributed by atoms with E-state index in [0.29, 0.717) is 36.9 Å². The number of likely N-dealkylation sites (tertiary alicyclic amines) is 1. The molecule has 2 fully saturated rings. The van der Waals surface area contributed by atoms with Crippen molar-refractivity contribution in [1.82, 2.24) is 19.7 Å². The Morgan fingerprint density at radius 1 is 1.00 bits per heavy atom. The molecule has 4 N–H and O–H groups in total. The van der Waals surface area contributed by atoms with E-state index < -0.39 is 35.4 Å². The fraction of sp³-hybridized carbons (Fsp3) is 0.370. The van der Waals surface area contributed by atoms with Crippen LogP contribution in [0.4, 0.5) is 17.6 Å². The van der Waals surface area contributed by atoms with Crippen molar-refractivity contribution in [2.75, 3.05) is 13.1 Å². The van der Waals surface area contributed by atoms with Gasteiger partial charge in [-0.3, -0.25) is 19.1 Å². The Morgan fingerprint density at radius 3 is 2.15 bits per heavy atom. The van der Waals surface area contributed by atoms with E-state index in [1.807, 2.05) is 0 Å². The van der Waals surface area contributed by atoms with Crippen LogP contribution in [0.15, 0.2) is 42.7 Å². The topological polar surface area (TPSA) is 137 Å². The molecule has 5 rings (SSSR count). The lowest BCUT2D eigenvalue weighted by atomic mass is 9.80. The number of carbonyl (C=O) groups is 3. The van der Waals surface area contributed by atoms with Crippen LogP contribution in [0, 0.1) is 5.92 Å². The Hall–Kier alpha value is -4.29. The Morgan fingerprint density at radius 2 is 1.62 bits per heavy atom. The van der Waals surface area contributed by atoms with Gasteiger partial charge in [0, 0.05) is 36.2 Å². The molecule has 1 aliphatic heterocycles. The molecule has 3 heterocycles. The van der Waals surface area contributed by atoms with Crippen molar-refractivity contribution in [1.29, 1.82) is 0 Å². The number of hydrogen-bond donors (Lipinski definition) is 2. The smallest absolute Gasteiger partial charge is 0.369 e. The standard InChI is InChI=1S/C27H26F4N6O3/c1-13(28)26(40)36-11-18(12-36)37-23-19(25(33)39)10-20(14-2-4-16(5-3-14)24(32)38)34-22(23)21(35-37)15-6-8-17(9-7-15)27(29,30)31/h6-10,14,16,18H,1-5,11-12H2,(H2,32,38)(H2,33,39). The zero-order valence-corrected chi connectivity index (χ0v) is 21.2. The van der Waals surface area contributed by atoms with Crippen LogP contribution in [-0.4, -0.2) is 50.5 Å². The third-order valence-electron chi connectivity index (χ3n) is 7.70. The Labute approximate surface area is 225 Å². The molecular formula is C27H26F4N6O3. The van der Waals surface area contributed by atoms with Gasteiger partial charge in [0.05, 0.1) is 17.2 Å². The maximum absolute atomic E-state index is 13.4. The zero-order chi connectivity index (χ0) is 28.9. The summed E-state index contributed by atoms with van der Waals surface area (Å²) in [5, 5.41) is 4.63. The Balaban J connectivity index is 1.62. The molecule has 0 atom stereocenters. The predicted octanol–water partition coefficient (Wildman–Crippen LogP) is 3.84. The van der Waals surface area contributed by atoms with Crippen molar-refractivity contribution in [3.63, 3.8) is 0 Å². The minimum absolute atomic E-state index is 0.0715. The van der Waals surface area contributed by atoms with Gasteiger partial charge in [-0.05, 0) is 43.9 Å². The van der Waals surface area contributed by atoms with Crippen LogP contribution >= 0.6 is 0 Å². The van der Waals surface area contributed by atoms with E-state index in [2.05, 4.69) is 11.7 Å². The molecule has 3 aromatic rings. The number of amides is 3. The molecule has 2 aliphatic rings. The average Bonchev–Trinajstić information content (AvgIpc) is 3.25. The number of halogens is 4. The van der Waals surface area contributed by atoms with Gasteiger partial charge in [-0.1, -0.05) is 18.7 Å². The highest BCUT2D eigenvalue weighted by Gasteiger charge is 2.37. The first-order valence-corrected chi connectivity index (χ1v) is 12.7. The summed E-state index contributed by atoms with van der Waals surface area (Å²) in [6, 6.07) is 5.52. The van der Waals surface area contributed by atoms with Crippen LogP contribution in [0.5, 0.6) is 0 Å². The molecule has 0 spiro atoms. The minimum Gasteiger partial charge on any atom is -0.369 e. The number of hydrogen-bond acceptors (Lipinski definition) is 5. The maximum Gasteiger partial charge on any atom is 0.416 e. The van der Waals surface area contributed by atoms with Crippen molar-refractivity contribution < 1.29 is 31.9 Å². The van der Waals surface area contributed by atoms with Gasteiger partial charge in [-0.15, -0.1) is 0 Å². The summed E-state index contributed by atoms with van der Waals surface area (Å²) in [6.45, 7) is 3.17. The molecule has 40 heavy (non-hydrogen) atoms. The normalized spacial score (nSPS) is 19.9. The van der Waals surface area contributed by atoms with Gasteiger partial charge in [0.15, 0.2) is 5.83 Å².